The second-order valence-electron chi connectivity index (χ2n) is 7.08. The average Bonchev–Trinajstić information content (AvgIpc) is 2.86. The van der Waals surface area contributed by atoms with Crippen LogP contribution in [0.1, 0.15) is 46.5 Å². The molecule has 0 spiro atoms. The average molecular weight is 299 g/mol. The van der Waals surface area contributed by atoms with Crippen molar-refractivity contribution in [2.75, 3.05) is 11.6 Å². The molecule has 1 saturated carbocycles. The number of hydrogen-bond donors (Lipinski definition) is 1. The summed E-state index contributed by atoms with van der Waals surface area (Å²) < 4.78 is 0. The molecule has 1 unspecified atom stereocenters. The molecule has 2 rings (SSSR count). The smallest absolute Gasteiger partial charge is 0.327 e. The van der Waals surface area contributed by atoms with Crippen LogP contribution in [0.25, 0.3) is 0 Å². The fourth-order valence-electron chi connectivity index (χ4n) is 3.31. The van der Waals surface area contributed by atoms with E-state index in [9.17, 15) is 14.7 Å². The van der Waals surface area contributed by atoms with E-state index < -0.39 is 12.0 Å². The van der Waals surface area contributed by atoms with Gasteiger partial charge >= 0.3 is 5.97 Å². The van der Waals surface area contributed by atoms with Crippen molar-refractivity contribution in [1.82, 2.24) is 4.90 Å². The molecule has 0 radical (unpaired) electrons. The zero-order valence-corrected chi connectivity index (χ0v) is 13.4. The van der Waals surface area contributed by atoms with E-state index in [0.29, 0.717) is 23.0 Å². The minimum Gasteiger partial charge on any atom is -0.480 e. The first kappa shape index (κ1) is 15.7. The molecule has 1 atom stereocenters. The Morgan fingerprint density at radius 2 is 1.75 bits per heavy atom. The maximum absolute atomic E-state index is 12.5. The minimum atomic E-state index is -0.869. The van der Waals surface area contributed by atoms with Gasteiger partial charge in [0.05, 0.1) is 5.88 Å². The summed E-state index contributed by atoms with van der Waals surface area (Å²) in [4.78, 5) is 25.3. The molecule has 5 heteroatoms. The number of aliphatic carboxylic acids is 1. The molecule has 1 saturated heterocycles. The SMILES string of the molecule is CC(C)(C)C1CCC(C(=O)N2CSCC2C(=O)O)CC1. The van der Waals surface area contributed by atoms with Gasteiger partial charge < -0.3 is 10.0 Å². The first-order valence-corrected chi connectivity index (χ1v) is 8.57. The van der Waals surface area contributed by atoms with E-state index in [-0.39, 0.29) is 11.8 Å². The third kappa shape index (κ3) is 3.30. The molecule has 20 heavy (non-hydrogen) atoms. The van der Waals surface area contributed by atoms with E-state index in [4.69, 9.17) is 0 Å². The van der Waals surface area contributed by atoms with Crippen molar-refractivity contribution in [3.05, 3.63) is 0 Å². The summed E-state index contributed by atoms with van der Waals surface area (Å²) in [6, 6.07) is -0.618. The Labute approximate surface area is 125 Å². The number of nitrogens with zero attached hydrogens (tertiary/aromatic N) is 1. The summed E-state index contributed by atoms with van der Waals surface area (Å²) in [5, 5.41) is 9.17. The van der Waals surface area contributed by atoms with E-state index in [1.807, 2.05) is 0 Å². The normalized spacial score (nSPS) is 31.4. The standard InChI is InChI=1S/C15H25NO3S/c1-15(2,3)11-6-4-10(5-7-11)13(17)16-9-20-8-12(16)14(18)19/h10-12H,4-9H2,1-3H3,(H,18,19). The molecule has 1 N–H and O–H groups in total. The van der Waals surface area contributed by atoms with Crippen molar-refractivity contribution in [2.45, 2.75) is 52.5 Å². The van der Waals surface area contributed by atoms with Crippen molar-refractivity contribution in [3.8, 4) is 0 Å². The number of carboxylic acids is 1. The molecule has 1 heterocycles. The molecule has 114 valence electrons. The van der Waals surface area contributed by atoms with E-state index in [0.717, 1.165) is 25.7 Å². The van der Waals surface area contributed by atoms with Crippen molar-refractivity contribution < 1.29 is 14.7 Å². The largest absolute Gasteiger partial charge is 0.480 e. The van der Waals surface area contributed by atoms with Crippen LogP contribution >= 0.6 is 11.8 Å². The quantitative estimate of drug-likeness (QED) is 0.852. The van der Waals surface area contributed by atoms with Gasteiger partial charge in [0.15, 0.2) is 0 Å². The van der Waals surface area contributed by atoms with E-state index in [1.165, 1.54) is 0 Å². The number of carboxylic acid groups (broad SMARTS) is 1. The summed E-state index contributed by atoms with van der Waals surface area (Å²) in [6.07, 6.45) is 3.99. The fourth-order valence-corrected chi connectivity index (χ4v) is 4.46. The molecule has 1 aliphatic carbocycles. The van der Waals surface area contributed by atoms with Crippen LogP contribution in [0.15, 0.2) is 0 Å². The fraction of sp³-hybridized carbons (Fsp3) is 0.867. The van der Waals surface area contributed by atoms with Gasteiger partial charge in [-0.15, -0.1) is 11.8 Å². The van der Waals surface area contributed by atoms with Gasteiger partial charge in [-0.2, -0.15) is 0 Å². The molecule has 0 aromatic carbocycles. The second-order valence-corrected chi connectivity index (χ2v) is 8.08. The lowest BCUT2D eigenvalue weighted by Crippen LogP contribution is -2.45. The topological polar surface area (TPSA) is 57.6 Å². The zero-order valence-electron chi connectivity index (χ0n) is 12.6. The van der Waals surface area contributed by atoms with Crippen molar-refractivity contribution in [3.63, 3.8) is 0 Å². The molecular formula is C15H25NO3S. The highest BCUT2D eigenvalue weighted by atomic mass is 32.2. The molecule has 0 aromatic heterocycles. The van der Waals surface area contributed by atoms with Crippen LogP contribution in [-0.2, 0) is 9.59 Å². The maximum Gasteiger partial charge on any atom is 0.327 e. The first-order chi connectivity index (χ1) is 9.30. The predicted molar refractivity (Wildman–Crippen MR) is 80.5 cm³/mol. The van der Waals surface area contributed by atoms with Crippen molar-refractivity contribution in [2.24, 2.45) is 17.3 Å². The van der Waals surface area contributed by atoms with E-state index in [1.54, 1.807) is 16.7 Å². The number of carbonyl (C=O) groups excluding carboxylic acids is 1. The molecule has 4 nitrogen and oxygen atoms in total. The van der Waals surface area contributed by atoms with Crippen molar-refractivity contribution >= 4 is 23.6 Å². The molecule has 0 bridgehead atoms. The highest BCUT2D eigenvalue weighted by molar-refractivity contribution is 7.99. The Balaban J connectivity index is 1.93. The highest BCUT2D eigenvalue weighted by Crippen LogP contribution is 2.40. The van der Waals surface area contributed by atoms with Crippen LogP contribution in [0, 0.1) is 17.3 Å². The van der Waals surface area contributed by atoms with Crippen LogP contribution in [0.4, 0.5) is 0 Å². The van der Waals surface area contributed by atoms with Crippen LogP contribution in [-0.4, -0.2) is 39.6 Å². The number of carbonyl (C=O) groups is 2. The third-order valence-corrected chi connectivity index (χ3v) is 5.76. The highest BCUT2D eigenvalue weighted by Gasteiger charge is 2.39. The van der Waals surface area contributed by atoms with Gasteiger partial charge in [-0.1, -0.05) is 20.8 Å². The molecular weight excluding hydrogens is 274 g/mol. The molecule has 1 amide bonds. The lowest BCUT2D eigenvalue weighted by atomic mass is 9.69. The summed E-state index contributed by atoms with van der Waals surface area (Å²) in [5.74, 6) is 0.971. The molecule has 1 aliphatic heterocycles. The Morgan fingerprint density at radius 1 is 1.15 bits per heavy atom. The van der Waals surface area contributed by atoms with Gasteiger partial charge in [-0.3, -0.25) is 4.79 Å². The van der Waals surface area contributed by atoms with Crippen LogP contribution in [0.3, 0.4) is 0 Å². The number of hydrogen-bond acceptors (Lipinski definition) is 3. The third-order valence-electron chi connectivity index (χ3n) is 4.75. The lowest BCUT2D eigenvalue weighted by molar-refractivity contribution is -0.150. The Kier molecular flexibility index (Phi) is 4.67. The van der Waals surface area contributed by atoms with Gasteiger partial charge in [0.1, 0.15) is 6.04 Å². The molecule has 2 aliphatic rings. The van der Waals surface area contributed by atoms with Crippen molar-refractivity contribution in [1.29, 1.82) is 0 Å². The number of thioether (sulfide) groups is 1. The van der Waals surface area contributed by atoms with Gasteiger partial charge in [-0.05, 0) is 37.0 Å². The summed E-state index contributed by atoms with van der Waals surface area (Å²) >= 11 is 1.54. The first-order valence-electron chi connectivity index (χ1n) is 7.41. The monoisotopic (exact) mass is 299 g/mol. The van der Waals surface area contributed by atoms with E-state index in [2.05, 4.69) is 20.8 Å². The van der Waals surface area contributed by atoms with Gasteiger partial charge in [-0.25, -0.2) is 4.79 Å². The Morgan fingerprint density at radius 3 is 2.25 bits per heavy atom. The van der Waals surface area contributed by atoms with Crippen LogP contribution in [0.2, 0.25) is 0 Å². The summed E-state index contributed by atoms with van der Waals surface area (Å²) in [6.45, 7) is 6.78. The van der Waals surface area contributed by atoms with E-state index >= 15 is 0 Å². The second kappa shape index (κ2) is 5.96. The van der Waals surface area contributed by atoms with Gasteiger partial charge in [0, 0.05) is 11.7 Å². The molecule has 2 fully saturated rings. The van der Waals surface area contributed by atoms with Gasteiger partial charge in [0.2, 0.25) is 5.91 Å². The van der Waals surface area contributed by atoms with Crippen LogP contribution in [0.5, 0.6) is 0 Å². The predicted octanol–water partition coefficient (Wildman–Crippen LogP) is 2.83. The zero-order chi connectivity index (χ0) is 14.9. The number of rotatable bonds is 2. The molecule has 0 aromatic rings. The van der Waals surface area contributed by atoms with Crippen LogP contribution < -0.4 is 0 Å². The lowest BCUT2D eigenvalue weighted by Gasteiger charge is -2.37. The summed E-state index contributed by atoms with van der Waals surface area (Å²) in [7, 11) is 0. The number of amides is 1. The maximum atomic E-state index is 12.5. The Bertz CT molecular complexity index is 383. The van der Waals surface area contributed by atoms with Gasteiger partial charge in [0.25, 0.3) is 0 Å². The Hall–Kier alpha value is -0.710. The minimum absolute atomic E-state index is 0.0362. The summed E-state index contributed by atoms with van der Waals surface area (Å²) in [5.41, 5.74) is 0.307.